The van der Waals surface area contributed by atoms with Gasteiger partial charge in [-0.2, -0.15) is 5.26 Å². The molecule has 4 nitrogen and oxygen atoms in total. The van der Waals surface area contributed by atoms with Crippen LogP contribution in [0.15, 0.2) is 36.5 Å². The van der Waals surface area contributed by atoms with E-state index in [9.17, 15) is 0 Å². The summed E-state index contributed by atoms with van der Waals surface area (Å²) in [4.78, 5) is 4.12. The first-order valence-electron chi connectivity index (χ1n) is 5.19. The lowest BCUT2D eigenvalue weighted by Crippen LogP contribution is -1.94. The molecule has 0 aliphatic heterocycles. The predicted molar refractivity (Wildman–Crippen MR) is 70.2 cm³/mol. The number of methoxy groups -OCH3 is 1. The lowest BCUT2D eigenvalue weighted by Gasteiger charge is -2.08. The molecule has 0 bridgehead atoms. The van der Waals surface area contributed by atoms with E-state index in [0.29, 0.717) is 22.2 Å². The molecule has 1 N–H and O–H groups in total. The monoisotopic (exact) mass is 259 g/mol. The van der Waals surface area contributed by atoms with E-state index in [1.165, 1.54) is 0 Å². The number of nitrogens with one attached hydrogen (secondary N) is 1. The first-order chi connectivity index (χ1) is 8.72. The van der Waals surface area contributed by atoms with Crippen molar-refractivity contribution in [3.05, 3.63) is 47.1 Å². The van der Waals surface area contributed by atoms with E-state index in [-0.39, 0.29) is 0 Å². The molecule has 0 radical (unpaired) electrons. The molecule has 0 aliphatic carbocycles. The number of benzene rings is 1. The summed E-state index contributed by atoms with van der Waals surface area (Å²) in [7, 11) is 1.56. The molecule has 90 valence electrons. The molecule has 2 rings (SSSR count). The number of nitriles is 1. The number of aromatic nitrogens is 1. The minimum atomic E-state index is 0.513. The summed E-state index contributed by atoms with van der Waals surface area (Å²) in [6, 6.07) is 10.7. The van der Waals surface area contributed by atoms with Gasteiger partial charge in [-0.1, -0.05) is 11.6 Å². The first kappa shape index (κ1) is 12.2. The molecule has 1 aromatic carbocycles. The molecule has 1 heterocycles. The van der Waals surface area contributed by atoms with Gasteiger partial charge in [0, 0.05) is 11.9 Å². The number of ether oxygens (including phenoxy) is 1. The average molecular weight is 260 g/mol. The average Bonchev–Trinajstić information content (AvgIpc) is 2.39. The molecule has 0 unspecified atom stereocenters. The lowest BCUT2D eigenvalue weighted by atomic mass is 10.2. The van der Waals surface area contributed by atoms with Crippen LogP contribution in [0.3, 0.4) is 0 Å². The second-order valence-corrected chi connectivity index (χ2v) is 3.92. The van der Waals surface area contributed by atoms with Crippen molar-refractivity contribution in [2.45, 2.75) is 0 Å². The standard InChI is InChI=1S/C13H10ClN3O/c1-18-12-3-2-10(7-11(12)14)17-13-6-9(8-15)4-5-16-13/h2-7H,1H3,(H,16,17). The van der Waals surface area contributed by atoms with Crippen LogP contribution in [0.25, 0.3) is 0 Å². The number of halogens is 1. The Kier molecular flexibility index (Phi) is 3.66. The van der Waals surface area contributed by atoms with E-state index in [4.69, 9.17) is 21.6 Å². The van der Waals surface area contributed by atoms with Gasteiger partial charge >= 0.3 is 0 Å². The zero-order valence-electron chi connectivity index (χ0n) is 9.64. The van der Waals surface area contributed by atoms with Crippen molar-refractivity contribution in [2.75, 3.05) is 12.4 Å². The molecule has 0 atom stereocenters. The van der Waals surface area contributed by atoms with Crippen molar-refractivity contribution in [1.29, 1.82) is 5.26 Å². The van der Waals surface area contributed by atoms with Crippen molar-refractivity contribution >= 4 is 23.1 Å². The van der Waals surface area contributed by atoms with Crippen LogP contribution in [0.2, 0.25) is 5.02 Å². The van der Waals surface area contributed by atoms with Crippen LogP contribution in [0, 0.1) is 11.3 Å². The minimum Gasteiger partial charge on any atom is -0.495 e. The molecule has 0 saturated carbocycles. The van der Waals surface area contributed by atoms with Crippen LogP contribution in [0.1, 0.15) is 5.56 Å². The van der Waals surface area contributed by atoms with Gasteiger partial charge in [-0.05, 0) is 30.3 Å². The molecule has 0 spiro atoms. The third-order valence-electron chi connectivity index (χ3n) is 2.31. The number of anilines is 2. The van der Waals surface area contributed by atoms with E-state index in [1.807, 2.05) is 6.07 Å². The van der Waals surface area contributed by atoms with Crippen LogP contribution in [0.4, 0.5) is 11.5 Å². The summed E-state index contributed by atoms with van der Waals surface area (Å²) in [6.45, 7) is 0. The maximum absolute atomic E-state index is 8.80. The highest BCUT2D eigenvalue weighted by Crippen LogP contribution is 2.28. The molecular formula is C13H10ClN3O. The van der Waals surface area contributed by atoms with Gasteiger partial charge in [-0.25, -0.2) is 4.98 Å². The smallest absolute Gasteiger partial charge is 0.137 e. The Morgan fingerprint density at radius 2 is 2.17 bits per heavy atom. The fourth-order valence-electron chi connectivity index (χ4n) is 1.46. The maximum Gasteiger partial charge on any atom is 0.137 e. The van der Waals surface area contributed by atoms with Crippen LogP contribution in [-0.2, 0) is 0 Å². The van der Waals surface area contributed by atoms with Crippen LogP contribution in [0.5, 0.6) is 5.75 Å². The van der Waals surface area contributed by atoms with Gasteiger partial charge in [-0.15, -0.1) is 0 Å². The van der Waals surface area contributed by atoms with Gasteiger partial charge in [0.25, 0.3) is 0 Å². The highest BCUT2D eigenvalue weighted by molar-refractivity contribution is 6.32. The molecular weight excluding hydrogens is 250 g/mol. The summed E-state index contributed by atoms with van der Waals surface area (Å²) in [5.74, 6) is 1.20. The number of pyridine rings is 1. The molecule has 0 saturated heterocycles. The molecule has 5 heteroatoms. The topological polar surface area (TPSA) is 57.9 Å². The van der Waals surface area contributed by atoms with Crippen LogP contribution in [-0.4, -0.2) is 12.1 Å². The summed E-state index contributed by atoms with van der Waals surface area (Å²) < 4.78 is 5.07. The van der Waals surface area contributed by atoms with E-state index < -0.39 is 0 Å². The van der Waals surface area contributed by atoms with Crippen molar-refractivity contribution in [3.63, 3.8) is 0 Å². The first-order valence-corrected chi connectivity index (χ1v) is 5.57. The van der Waals surface area contributed by atoms with E-state index >= 15 is 0 Å². The van der Waals surface area contributed by atoms with Gasteiger partial charge < -0.3 is 10.1 Å². The SMILES string of the molecule is COc1ccc(Nc2cc(C#N)ccn2)cc1Cl. The summed E-state index contributed by atoms with van der Waals surface area (Å²) in [5, 5.41) is 12.4. The van der Waals surface area contributed by atoms with Crippen LogP contribution < -0.4 is 10.1 Å². The fraction of sp³-hybridized carbons (Fsp3) is 0.0769. The molecule has 2 aromatic rings. The van der Waals surface area contributed by atoms with E-state index in [0.717, 1.165) is 5.69 Å². The highest BCUT2D eigenvalue weighted by atomic mass is 35.5. The largest absolute Gasteiger partial charge is 0.495 e. The predicted octanol–water partition coefficient (Wildman–Crippen LogP) is 3.36. The second-order valence-electron chi connectivity index (χ2n) is 3.52. The molecule has 0 amide bonds. The Labute approximate surface area is 110 Å². The third kappa shape index (κ3) is 2.70. The van der Waals surface area contributed by atoms with Gasteiger partial charge in [0.1, 0.15) is 11.6 Å². The highest BCUT2D eigenvalue weighted by Gasteiger charge is 2.03. The van der Waals surface area contributed by atoms with Crippen molar-refractivity contribution in [3.8, 4) is 11.8 Å². The van der Waals surface area contributed by atoms with Crippen molar-refractivity contribution in [1.82, 2.24) is 4.98 Å². The number of hydrogen-bond donors (Lipinski definition) is 1. The second kappa shape index (κ2) is 5.39. The van der Waals surface area contributed by atoms with Crippen molar-refractivity contribution in [2.24, 2.45) is 0 Å². The Morgan fingerprint density at radius 3 is 2.83 bits per heavy atom. The fourth-order valence-corrected chi connectivity index (χ4v) is 1.72. The quantitative estimate of drug-likeness (QED) is 0.918. The molecule has 1 aromatic heterocycles. The van der Waals surface area contributed by atoms with E-state index in [1.54, 1.807) is 37.6 Å². The maximum atomic E-state index is 8.80. The van der Waals surface area contributed by atoms with E-state index in [2.05, 4.69) is 16.4 Å². The van der Waals surface area contributed by atoms with Gasteiger partial charge in [0.2, 0.25) is 0 Å². The number of nitrogens with zero attached hydrogens (tertiary/aromatic N) is 2. The minimum absolute atomic E-state index is 0.513. The van der Waals surface area contributed by atoms with Gasteiger partial charge in [0.05, 0.1) is 23.8 Å². The normalized spacial score (nSPS) is 9.61. The van der Waals surface area contributed by atoms with Gasteiger partial charge in [-0.3, -0.25) is 0 Å². The summed E-state index contributed by atoms with van der Waals surface area (Å²) in [5.41, 5.74) is 1.33. The number of rotatable bonds is 3. The zero-order chi connectivity index (χ0) is 13.0. The Morgan fingerprint density at radius 1 is 1.33 bits per heavy atom. The van der Waals surface area contributed by atoms with Gasteiger partial charge in [0.15, 0.2) is 0 Å². The number of hydrogen-bond acceptors (Lipinski definition) is 4. The molecule has 18 heavy (non-hydrogen) atoms. The molecule has 0 fully saturated rings. The Bertz CT molecular complexity index is 607. The lowest BCUT2D eigenvalue weighted by molar-refractivity contribution is 0.415. The molecule has 0 aliphatic rings. The third-order valence-corrected chi connectivity index (χ3v) is 2.61. The Hall–Kier alpha value is -2.25. The van der Waals surface area contributed by atoms with Crippen LogP contribution >= 0.6 is 11.6 Å². The summed E-state index contributed by atoms with van der Waals surface area (Å²) >= 11 is 6.02. The van der Waals surface area contributed by atoms with Crippen molar-refractivity contribution < 1.29 is 4.74 Å². The Balaban J connectivity index is 2.23. The summed E-state index contributed by atoms with van der Waals surface area (Å²) in [6.07, 6.45) is 1.58. The zero-order valence-corrected chi connectivity index (χ0v) is 10.4.